The van der Waals surface area contributed by atoms with Crippen LogP contribution in [-0.4, -0.2) is 26.3 Å². The van der Waals surface area contributed by atoms with Gasteiger partial charge in [-0.15, -0.1) is 10.2 Å². The highest BCUT2D eigenvalue weighted by Gasteiger charge is 2.16. The number of nitrogens with zero attached hydrogens (tertiary/aromatic N) is 3. The predicted octanol–water partition coefficient (Wildman–Crippen LogP) is 3.79. The van der Waals surface area contributed by atoms with E-state index in [0.29, 0.717) is 22.2 Å². The molecular formula is C19H16N4O2S. The van der Waals surface area contributed by atoms with Gasteiger partial charge in [0.05, 0.1) is 5.75 Å². The molecule has 0 atom stereocenters. The quantitative estimate of drug-likeness (QED) is 0.329. The second-order valence-corrected chi connectivity index (χ2v) is 6.79. The van der Waals surface area contributed by atoms with Gasteiger partial charge in [-0.2, -0.15) is 0 Å². The molecular weight excluding hydrogens is 348 g/mol. The normalized spacial score (nSPS) is 11.1. The first-order valence-corrected chi connectivity index (χ1v) is 9.00. The molecule has 0 aliphatic carbocycles. The van der Waals surface area contributed by atoms with E-state index in [4.69, 9.17) is 10.2 Å². The first-order valence-electron chi connectivity index (χ1n) is 8.02. The largest absolute Gasteiger partial charge is 0.453 e. The Kier molecular flexibility index (Phi) is 4.22. The summed E-state index contributed by atoms with van der Waals surface area (Å²) in [7, 11) is 1.87. The number of anilines is 1. The van der Waals surface area contributed by atoms with Crippen LogP contribution in [0.1, 0.15) is 10.6 Å². The van der Waals surface area contributed by atoms with Crippen LogP contribution in [0.3, 0.4) is 0 Å². The lowest BCUT2D eigenvalue weighted by atomic mass is 10.2. The second-order valence-electron chi connectivity index (χ2n) is 5.85. The minimum absolute atomic E-state index is 0.0803. The van der Waals surface area contributed by atoms with Gasteiger partial charge in [0, 0.05) is 23.7 Å². The number of para-hydroxylation sites is 1. The van der Waals surface area contributed by atoms with Crippen LogP contribution in [0.2, 0.25) is 0 Å². The van der Waals surface area contributed by atoms with E-state index in [0.717, 1.165) is 16.8 Å². The van der Waals surface area contributed by atoms with Gasteiger partial charge in [0.1, 0.15) is 5.58 Å². The van der Waals surface area contributed by atoms with Crippen LogP contribution in [0.4, 0.5) is 5.69 Å². The topological polar surface area (TPSA) is 86.9 Å². The molecule has 0 aliphatic rings. The molecule has 0 spiro atoms. The lowest BCUT2D eigenvalue weighted by Crippen LogP contribution is -2.02. The van der Waals surface area contributed by atoms with Crippen LogP contribution < -0.4 is 5.73 Å². The third kappa shape index (κ3) is 3.09. The molecule has 0 unspecified atom stereocenters. The molecule has 2 aromatic carbocycles. The molecule has 2 N–H and O–H groups in total. The molecule has 0 saturated heterocycles. The van der Waals surface area contributed by atoms with Gasteiger partial charge in [-0.1, -0.05) is 30.0 Å². The van der Waals surface area contributed by atoms with Crippen LogP contribution in [0, 0.1) is 0 Å². The van der Waals surface area contributed by atoms with E-state index >= 15 is 0 Å². The number of benzene rings is 2. The van der Waals surface area contributed by atoms with E-state index in [1.54, 1.807) is 6.07 Å². The highest BCUT2D eigenvalue weighted by Crippen LogP contribution is 2.25. The molecule has 0 aliphatic heterocycles. The van der Waals surface area contributed by atoms with Crippen LogP contribution in [0.25, 0.3) is 22.4 Å². The number of thioether (sulfide) groups is 1. The Hall–Kier alpha value is -3.06. The number of Topliss-reactive ketones (excluding diaryl/α,β-unsaturated/α-hetero) is 1. The molecule has 0 radical (unpaired) electrons. The fraction of sp³-hybridized carbons (Fsp3) is 0.105. The fourth-order valence-electron chi connectivity index (χ4n) is 2.64. The van der Waals surface area contributed by atoms with Crippen molar-refractivity contribution < 1.29 is 9.21 Å². The van der Waals surface area contributed by atoms with Gasteiger partial charge >= 0.3 is 0 Å². The van der Waals surface area contributed by atoms with Crippen LogP contribution in [0.15, 0.2) is 64.2 Å². The summed E-state index contributed by atoms with van der Waals surface area (Å²) in [4.78, 5) is 12.4. The minimum Gasteiger partial charge on any atom is -0.453 e. The molecule has 6 nitrogen and oxygen atoms in total. The molecule has 2 heterocycles. The van der Waals surface area contributed by atoms with Crippen LogP contribution in [0.5, 0.6) is 0 Å². The Morgan fingerprint density at radius 1 is 1.15 bits per heavy atom. The van der Waals surface area contributed by atoms with E-state index < -0.39 is 0 Å². The summed E-state index contributed by atoms with van der Waals surface area (Å²) in [5, 5.41) is 9.99. The van der Waals surface area contributed by atoms with E-state index in [-0.39, 0.29) is 11.5 Å². The molecule has 0 bridgehead atoms. The standard InChI is InChI=1S/C19H16N4O2S/c1-23-18(12-6-8-14(20)9-7-12)21-22-19(23)26-11-15(24)17-10-13-4-2-3-5-16(13)25-17/h2-10H,11,20H2,1H3. The lowest BCUT2D eigenvalue weighted by Gasteiger charge is -2.03. The minimum atomic E-state index is -0.0803. The molecule has 0 fully saturated rings. The number of furan rings is 1. The Balaban J connectivity index is 1.49. The first kappa shape index (κ1) is 16.4. The summed E-state index contributed by atoms with van der Waals surface area (Å²) < 4.78 is 7.48. The average Bonchev–Trinajstić information content (AvgIpc) is 3.24. The van der Waals surface area contributed by atoms with Gasteiger partial charge in [-0.3, -0.25) is 4.79 Å². The van der Waals surface area contributed by atoms with Crippen molar-refractivity contribution in [1.82, 2.24) is 14.8 Å². The van der Waals surface area contributed by atoms with Gasteiger partial charge in [0.15, 0.2) is 16.7 Å². The highest BCUT2D eigenvalue weighted by atomic mass is 32.2. The summed E-state index contributed by atoms with van der Waals surface area (Å²) in [5.74, 6) is 1.24. The van der Waals surface area contributed by atoms with Crippen molar-refractivity contribution in [3.05, 3.63) is 60.4 Å². The maximum Gasteiger partial charge on any atom is 0.208 e. The second kappa shape index (κ2) is 6.68. The number of hydrogen-bond donors (Lipinski definition) is 1. The van der Waals surface area contributed by atoms with Crippen molar-refractivity contribution in [3.8, 4) is 11.4 Å². The van der Waals surface area contributed by atoms with Crippen molar-refractivity contribution in [1.29, 1.82) is 0 Å². The maximum absolute atomic E-state index is 12.4. The van der Waals surface area contributed by atoms with E-state index in [2.05, 4.69) is 10.2 Å². The number of nitrogens with two attached hydrogens (primary N) is 1. The Morgan fingerprint density at radius 2 is 1.92 bits per heavy atom. The van der Waals surface area contributed by atoms with Crippen molar-refractivity contribution in [2.75, 3.05) is 11.5 Å². The van der Waals surface area contributed by atoms with Gasteiger partial charge in [-0.25, -0.2) is 0 Å². The molecule has 0 amide bonds. The SMILES string of the molecule is Cn1c(SCC(=O)c2cc3ccccc3o2)nnc1-c1ccc(N)cc1. The summed E-state index contributed by atoms with van der Waals surface area (Å²) in [5.41, 5.74) is 8.05. The number of carbonyl (C=O) groups excluding carboxylic acids is 1. The number of carbonyl (C=O) groups is 1. The molecule has 130 valence electrons. The number of fused-ring (bicyclic) bond motifs is 1. The van der Waals surface area contributed by atoms with Crippen molar-refractivity contribution in [2.45, 2.75) is 5.16 Å². The third-order valence-electron chi connectivity index (χ3n) is 4.04. The fourth-order valence-corrected chi connectivity index (χ4v) is 3.43. The monoisotopic (exact) mass is 364 g/mol. The van der Waals surface area contributed by atoms with Gasteiger partial charge in [0.2, 0.25) is 5.78 Å². The zero-order valence-electron chi connectivity index (χ0n) is 14.0. The van der Waals surface area contributed by atoms with E-state index in [1.165, 1.54) is 11.8 Å². The average molecular weight is 364 g/mol. The van der Waals surface area contributed by atoms with Gasteiger partial charge < -0.3 is 14.7 Å². The molecule has 7 heteroatoms. The lowest BCUT2D eigenvalue weighted by molar-refractivity contribution is 0.0994. The summed E-state index contributed by atoms with van der Waals surface area (Å²) in [6, 6.07) is 16.8. The summed E-state index contributed by atoms with van der Waals surface area (Å²) in [6.07, 6.45) is 0. The Morgan fingerprint density at radius 3 is 2.69 bits per heavy atom. The molecule has 4 rings (SSSR count). The number of nitrogen functional groups attached to an aromatic ring is 1. The molecule has 2 aromatic heterocycles. The Bertz CT molecular complexity index is 1050. The Labute approximate surface area is 154 Å². The van der Waals surface area contributed by atoms with Crippen LogP contribution in [-0.2, 0) is 7.05 Å². The summed E-state index contributed by atoms with van der Waals surface area (Å²) >= 11 is 1.33. The number of aromatic nitrogens is 3. The van der Waals surface area contributed by atoms with Crippen molar-refractivity contribution in [2.24, 2.45) is 7.05 Å². The predicted molar refractivity (Wildman–Crippen MR) is 102 cm³/mol. The van der Waals surface area contributed by atoms with Crippen molar-refractivity contribution >= 4 is 34.2 Å². The number of ketones is 1. The van der Waals surface area contributed by atoms with Gasteiger partial charge in [-0.05, 0) is 36.4 Å². The van der Waals surface area contributed by atoms with E-state index in [9.17, 15) is 4.79 Å². The molecule has 4 aromatic rings. The third-order valence-corrected chi connectivity index (χ3v) is 5.06. The first-order chi connectivity index (χ1) is 12.6. The molecule has 26 heavy (non-hydrogen) atoms. The van der Waals surface area contributed by atoms with Gasteiger partial charge in [0.25, 0.3) is 0 Å². The zero-order chi connectivity index (χ0) is 18.1. The maximum atomic E-state index is 12.4. The van der Waals surface area contributed by atoms with E-state index in [1.807, 2.05) is 60.1 Å². The number of rotatable bonds is 5. The summed E-state index contributed by atoms with van der Waals surface area (Å²) in [6.45, 7) is 0. The highest BCUT2D eigenvalue weighted by molar-refractivity contribution is 7.99. The number of hydrogen-bond acceptors (Lipinski definition) is 6. The molecule has 0 saturated carbocycles. The van der Waals surface area contributed by atoms with Crippen molar-refractivity contribution in [3.63, 3.8) is 0 Å². The zero-order valence-corrected chi connectivity index (χ0v) is 14.9. The van der Waals surface area contributed by atoms with Crippen LogP contribution >= 0.6 is 11.8 Å². The smallest absolute Gasteiger partial charge is 0.208 e.